The van der Waals surface area contributed by atoms with Gasteiger partial charge in [-0.25, -0.2) is 0 Å². The standard InChI is InChI=1S/C19H15N3O/c1-2-3-9-21-15-8-7-12-16-11(15)5-4-6-13(16)18-17(12)14(10-20)19(23)22-18/h4-8H,2-3,9H2,1H3,(H,22,23). The van der Waals surface area contributed by atoms with Crippen LogP contribution in [0.4, 0.5) is 5.69 Å². The summed E-state index contributed by atoms with van der Waals surface area (Å²) in [6.45, 7) is 2.97. The van der Waals surface area contributed by atoms with Crippen LogP contribution in [0.1, 0.15) is 19.8 Å². The van der Waals surface area contributed by atoms with Crippen LogP contribution in [0.5, 0.6) is 0 Å². The molecule has 0 fully saturated rings. The van der Waals surface area contributed by atoms with Gasteiger partial charge in [-0.1, -0.05) is 37.6 Å². The second-order valence-electron chi connectivity index (χ2n) is 5.79. The Bertz CT molecular complexity index is 1150. The van der Waals surface area contributed by atoms with Crippen molar-refractivity contribution in [2.45, 2.75) is 19.8 Å². The molecule has 4 rings (SSSR count). The number of fused-ring (bicyclic) bond motifs is 3. The summed E-state index contributed by atoms with van der Waals surface area (Å²) in [5, 5.41) is 18.0. The fourth-order valence-corrected chi connectivity index (χ4v) is 3.36. The molecule has 112 valence electrons. The normalized spacial score (nSPS) is 14.5. The highest BCUT2D eigenvalue weighted by Crippen LogP contribution is 2.25. The van der Waals surface area contributed by atoms with Crippen molar-refractivity contribution in [3.8, 4) is 6.07 Å². The lowest BCUT2D eigenvalue weighted by molar-refractivity contribution is -0.110. The van der Waals surface area contributed by atoms with Gasteiger partial charge >= 0.3 is 0 Å². The van der Waals surface area contributed by atoms with Gasteiger partial charge in [-0.3, -0.25) is 9.79 Å². The van der Waals surface area contributed by atoms with Crippen LogP contribution in [-0.4, -0.2) is 12.5 Å². The van der Waals surface area contributed by atoms with Gasteiger partial charge in [-0.05, 0) is 17.7 Å². The van der Waals surface area contributed by atoms with E-state index in [1.807, 2.05) is 30.3 Å². The number of carbonyl (C=O) groups is 1. The van der Waals surface area contributed by atoms with Gasteiger partial charge in [0.05, 0.1) is 11.0 Å². The lowest BCUT2D eigenvalue weighted by Crippen LogP contribution is -2.09. The van der Waals surface area contributed by atoms with E-state index < -0.39 is 0 Å². The third kappa shape index (κ3) is 1.83. The Morgan fingerprint density at radius 1 is 1.17 bits per heavy atom. The molecule has 0 bridgehead atoms. The molecule has 23 heavy (non-hydrogen) atoms. The molecule has 0 aromatic heterocycles. The summed E-state index contributed by atoms with van der Waals surface area (Å²) in [6, 6.07) is 12.0. The zero-order chi connectivity index (χ0) is 16.0. The van der Waals surface area contributed by atoms with E-state index in [1.165, 1.54) is 0 Å². The highest BCUT2D eigenvalue weighted by molar-refractivity contribution is 6.30. The maximum absolute atomic E-state index is 12.0. The number of carbonyl (C=O) groups excluding carboxylic acids is 1. The minimum absolute atomic E-state index is 0.202. The van der Waals surface area contributed by atoms with Gasteiger partial charge in [0.25, 0.3) is 5.91 Å². The molecule has 0 spiro atoms. The number of anilines is 1. The first-order chi connectivity index (χ1) is 11.3. The Hall–Kier alpha value is -2.93. The van der Waals surface area contributed by atoms with E-state index in [4.69, 9.17) is 4.99 Å². The van der Waals surface area contributed by atoms with Crippen LogP contribution in [0.25, 0.3) is 16.3 Å². The second-order valence-corrected chi connectivity index (χ2v) is 5.79. The maximum atomic E-state index is 12.0. The van der Waals surface area contributed by atoms with Crippen LogP contribution < -0.4 is 15.9 Å². The first-order valence-electron chi connectivity index (χ1n) is 7.83. The van der Waals surface area contributed by atoms with Crippen LogP contribution in [-0.2, 0) is 4.79 Å². The Morgan fingerprint density at radius 2 is 2.00 bits per heavy atom. The smallest absolute Gasteiger partial charge is 0.267 e. The molecule has 1 N–H and O–H groups in total. The quantitative estimate of drug-likeness (QED) is 0.752. The van der Waals surface area contributed by atoms with E-state index >= 15 is 0 Å². The van der Waals surface area contributed by atoms with Gasteiger partial charge in [0, 0.05) is 27.8 Å². The Kier molecular flexibility index (Phi) is 3.02. The average Bonchev–Trinajstić information content (AvgIpc) is 3.05. The summed E-state index contributed by atoms with van der Waals surface area (Å²) >= 11 is 0. The molecule has 3 aliphatic rings. The van der Waals surface area contributed by atoms with Crippen molar-refractivity contribution in [2.75, 3.05) is 11.9 Å². The lowest BCUT2D eigenvalue weighted by atomic mass is 10.1. The summed E-state index contributed by atoms with van der Waals surface area (Å²) in [7, 11) is 0. The van der Waals surface area contributed by atoms with Gasteiger partial charge in [0.15, 0.2) is 0 Å². The average molecular weight is 301 g/mol. The zero-order valence-corrected chi connectivity index (χ0v) is 12.8. The van der Waals surface area contributed by atoms with Crippen molar-refractivity contribution >= 4 is 27.9 Å². The van der Waals surface area contributed by atoms with E-state index in [-0.39, 0.29) is 11.5 Å². The fourth-order valence-electron chi connectivity index (χ4n) is 3.36. The molecule has 1 heterocycles. The second kappa shape index (κ2) is 5.06. The largest absolute Gasteiger partial charge is 0.320 e. The van der Waals surface area contributed by atoms with E-state index in [0.717, 1.165) is 56.9 Å². The number of nitrogens with one attached hydrogen (secondary N) is 1. The highest BCUT2D eigenvalue weighted by atomic mass is 16.1. The number of amides is 1. The van der Waals surface area contributed by atoms with E-state index in [0.29, 0.717) is 0 Å². The first kappa shape index (κ1) is 13.7. The molecular formula is C19H15N3O. The number of nitriles is 1. The third-order valence-corrected chi connectivity index (χ3v) is 4.43. The third-order valence-electron chi connectivity index (χ3n) is 4.43. The van der Waals surface area contributed by atoms with Crippen molar-refractivity contribution in [2.24, 2.45) is 4.99 Å². The lowest BCUT2D eigenvalue weighted by Gasteiger charge is -2.00. The molecule has 0 unspecified atom stereocenters. The van der Waals surface area contributed by atoms with Gasteiger partial charge in [0.1, 0.15) is 11.6 Å². The number of hydrogen-bond acceptors (Lipinski definition) is 3. The number of nitrogens with zero attached hydrogens (tertiary/aromatic N) is 2. The van der Waals surface area contributed by atoms with Gasteiger partial charge in [-0.15, -0.1) is 0 Å². The summed E-state index contributed by atoms with van der Waals surface area (Å²) in [6.07, 6.45) is 2.19. The molecule has 2 aliphatic carbocycles. The van der Waals surface area contributed by atoms with Crippen molar-refractivity contribution in [1.29, 1.82) is 5.26 Å². The van der Waals surface area contributed by atoms with Crippen LogP contribution in [0.15, 0.2) is 35.3 Å². The van der Waals surface area contributed by atoms with Crippen molar-refractivity contribution < 1.29 is 4.79 Å². The fraction of sp³-hybridized carbons (Fsp3) is 0.211. The molecule has 4 heteroatoms. The molecule has 0 radical (unpaired) electrons. The predicted molar refractivity (Wildman–Crippen MR) is 88.6 cm³/mol. The highest BCUT2D eigenvalue weighted by Gasteiger charge is 2.25. The minimum atomic E-state index is -0.308. The van der Waals surface area contributed by atoms with Crippen molar-refractivity contribution in [3.05, 3.63) is 51.3 Å². The van der Waals surface area contributed by atoms with Crippen LogP contribution in [0.3, 0.4) is 0 Å². The molecular weight excluding hydrogens is 286 g/mol. The van der Waals surface area contributed by atoms with E-state index in [1.54, 1.807) is 0 Å². The van der Waals surface area contributed by atoms with Crippen molar-refractivity contribution in [1.82, 2.24) is 0 Å². The predicted octanol–water partition coefficient (Wildman–Crippen LogP) is 2.05. The van der Waals surface area contributed by atoms with Gasteiger partial charge < -0.3 is 5.32 Å². The summed E-state index contributed by atoms with van der Waals surface area (Å²) < 4.78 is 0. The van der Waals surface area contributed by atoms with Crippen molar-refractivity contribution in [3.63, 3.8) is 0 Å². The number of benzene rings is 1. The number of unbranched alkanes of at least 4 members (excludes halogenated alkanes) is 1. The first-order valence-corrected chi connectivity index (χ1v) is 7.83. The van der Waals surface area contributed by atoms with Gasteiger partial charge in [0.2, 0.25) is 0 Å². The molecule has 0 saturated carbocycles. The molecule has 0 atom stereocenters. The van der Waals surface area contributed by atoms with Gasteiger partial charge in [-0.2, -0.15) is 5.26 Å². The Balaban J connectivity index is 2.18. The maximum Gasteiger partial charge on any atom is 0.267 e. The number of hydrogen-bond donors (Lipinski definition) is 1. The molecule has 1 aliphatic heterocycles. The van der Waals surface area contributed by atoms with Crippen LogP contribution >= 0.6 is 0 Å². The van der Waals surface area contributed by atoms with Crippen LogP contribution in [0.2, 0.25) is 0 Å². The molecule has 1 aromatic rings. The summed E-state index contributed by atoms with van der Waals surface area (Å²) in [5.41, 5.74) is 0.964. The molecule has 1 amide bonds. The van der Waals surface area contributed by atoms with E-state index in [2.05, 4.69) is 18.3 Å². The number of rotatable bonds is 3. The van der Waals surface area contributed by atoms with E-state index in [9.17, 15) is 10.1 Å². The summed E-state index contributed by atoms with van der Waals surface area (Å²) in [5.74, 6) is -0.308. The Labute approximate surface area is 132 Å². The monoisotopic (exact) mass is 301 g/mol. The van der Waals surface area contributed by atoms with Crippen LogP contribution in [0, 0.1) is 21.8 Å². The molecule has 4 nitrogen and oxygen atoms in total. The molecule has 1 aromatic carbocycles. The zero-order valence-electron chi connectivity index (χ0n) is 12.8. The molecule has 0 saturated heterocycles. The summed E-state index contributed by atoms with van der Waals surface area (Å²) in [4.78, 5) is 16.7. The minimum Gasteiger partial charge on any atom is -0.320 e. The topological polar surface area (TPSA) is 65.2 Å². The Morgan fingerprint density at radius 3 is 2.78 bits per heavy atom. The SMILES string of the molecule is CCCCN=c1ccc2c3c(c4cccc1c4=2)NC(=O)C=3C#N.